The molecular formula is C18H17BrN2O4. The molecule has 0 saturated heterocycles. The van der Waals surface area contributed by atoms with Crippen LogP contribution in [-0.4, -0.2) is 31.4 Å². The predicted octanol–water partition coefficient (Wildman–Crippen LogP) is 3.14. The third-order valence-electron chi connectivity index (χ3n) is 3.70. The van der Waals surface area contributed by atoms with E-state index >= 15 is 0 Å². The summed E-state index contributed by atoms with van der Waals surface area (Å²) in [4.78, 5) is 12.3. The van der Waals surface area contributed by atoms with E-state index in [4.69, 9.17) is 14.2 Å². The molecule has 0 radical (unpaired) electrons. The van der Waals surface area contributed by atoms with E-state index in [1.807, 2.05) is 37.3 Å². The van der Waals surface area contributed by atoms with Crippen LogP contribution in [0.4, 0.5) is 0 Å². The van der Waals surface area contributed by atoms with Crippen LogP contribution in [0.1, 0.15) is 12.5 Å². The number of hydrogen-bond donors (Lipinski definition) is 1. The summed E-state index contributed by atoms with van der Waals surface area (Å²) >= 11 is 3.43. The van der Waals surface area contributed by atoms with Gasteiger partial charge in [-0.25, -0.2) is 5.43 Å². The molecule has 0 saturated carbocycles. The van der Waals surface area contributed by atoms with Crippen molar-refractivity contribution in [2.75, 3.05) is 13.7 Å². The molecule has 1 heterocycles. The minimum Gasteiger partial charge on any atom is -0.496 e. The van der Waals surface area contributed by atoms with Gasteiger partial charge in [-0.15, -0.1) is 0 Å². The van der Waals surface area contributed by atoms with Crippen molar-refractivity contribution < 1.29 is 19.0 Å². The number of fused-ring (bicyclic) bond motifs is 1. The fourth-order valence-electron chi connectivity index (χ4n) is 2.32. The monoisotopic (exact) mass is 404 g/mol. The molecule has 1 aliphatic heterocycles. The molecule has 0 aromatic heterocycles. The van der Waals surface area contributed by atoms with Crippen LogP contribution in [0.15, 0.2) is 52.0 Å². The van der Waals surface area contributed by atoms with Gasteiger partial charge in [0.15, 0.2) is 11.5 Å². The molecule has 1 N–H and O–H groups in total. The summed E-state index contributed by atoms with van der Waals surface area (Å²) in [6.07, 6.45) is -0.742. The number of para-hydroxylation sites is 2. The number of nitrogens with one attached hydrogen (secondary N) is 1. The van der Waals surface area contributed by atoms with Crippen molar-refractivity contribution in [2.45, 2.75) is 13.0 Å². The molecule has 25 heavy (non-hydrogen) atoms. The molecule has 2 aromatic carbocycles. The number of carbonyl (C=O) groups excluding carboxylic acids is 1. The number of ether oxygens (including phenoxy) is 3. The second-order valence-electron chi connectivity index (χ2n) is 5.39. The van der Waals surface area contributed by atoms with Crippen LogP contribution in [0.5, 0.6) is 17.2 Å². The highest BCUT2D eigenvalue weighted by atomic mass is 79.9. The van der Waals surface area contributed by atoms with Gasteiger partial charge in [0.25, 0.3) is 5.91 Å². The molecule has 0 aliphatic carbocycles. The largest absolute Gasteiger partial charge is 0.496 e. The minimum atomic E-state index is -0.742. The summed E-state index contributed by atoms with van der Waals surface area (Å²) in [7, 11) is 1.60. The van der Waals surface area contributed by atoms with Gasteiger partial charge < -0.3 is 14.2 Å². The first-order valence-electron chi connectivity index (χ1n) is 7.65. The fraction of sp³-hybridized carbons (Fsp3) is 0.222. The van der Waals surface area contributed by atoms with Crippen LogP contribution < -0.4 is 19.6 Å². The van der Waals surface area contributed by atoms with Gasteiger partial charge in [-0.05, 0) is 58.7 Å². The lowest BCUT2D eigenvalue weighted by molar-refractivity contribution is -0.130. The second kappa shape index (κ2) is 7.57. The summed E-state index contributed by atoms with van der Waals surface area (Å²) in [5.74, 6) is 1.55. The number of halogens is 1. The minimum absolute atomic E-state index is 0.144. The zero-order valence-electron chi connectivity index (χ0n) is 13.8. The average Bonchev–Trinajstić information content (AvgIpc) is 2.65. The van der Waals surface area contributed by atoms with Gasteiger partial charge in [-0.3, -0.25) is 4.79 Å². The Morgan fingerprint density at radius 1 is 1.28 bits per heavy atom. The molecule has 2 aromatic rings. The highest BCUT2D eigenvalue weighted by Crippen LogP contribution is 2.30. The fourth-order valence-corrected chi connectivity index (χ4v) is 2.86. The topological polar surface area (TPSA) is 69.2 Å². The molecule has 1 aliphatic rings. The first-order valence-corrected chi connectivity index (χ1v) is 8.44. The maximum atomic E-state index is 12.3. The molecule has 0 bridgehead atoms. The third kappa shape index (κ3) is 3.93. The van der Waals surface area contributed by atoms with E-state index in [2.05, 4.69) is 26.5 Å². The van der Waals surface area contributed by atoms with E-state index in [1.54, 1.807) is 19.2 Å². The van der Waals surface area contributed by atoms with E-state index in [1.165, 1.54) is 0 Å². The number of methoxy groups -OCH3 is 1. The molecule has 1 atom stereocenters. The van der Waals surface area contributed by atoms with E-state index < -0.39 is 6.10 Å². The molecule has 0 unspecified atom stereocenters. The predicted molar refractivity (Wildman–Crippen MR) is 97.4 cm³/mol. The quantitative estimate of drug-likeness (QED) is 0.627. The summed E-state index contributed by atoms with van der Waals surface area (Å²) in [5.41, 5.74) is 4.05. The summed E-state index contributed by atoms with van der Waals surface area (Å²) < 4.78 is 17.2. The van der Waals surface area contributed by atoms with Crippen LogP contribution in [0, 0.1) is 0 Å². The van der Waals surface area contributed by atoms with Crippen LogP contribution in [0.3, 0.4) is 0 Å². The Balaban J connectivity index is 1.65. The number of nitrogens with zero attached hydrogens (tertiary/aromatic N) is 1. The molecule has 3 rings (SSSR count). The van der Waals surface area contributed by atoms with Gasteiger partial charge in [-0.2, -0.15) is 5.10 Å². The van der Waals surface area contributed by atoms with E-state index in [0.29, 0.717) is 17.2 Å². The molecule has 7 heteroatoms. The Hall–Kier alpha value is -2.54. The number of hydrogen-bond acceptors (Lipinski definition) is 5. The standard InChI is InChI=1S/C18H17BrN2O4/c1-11(12-7-8-14(23-2)13(19)9-12)20-21-18(22)17-10-24-15-5-3-4-6-16(15)25-17/h3-9,17H,10H2,1-2H3,(H,21,22)/b20-11-/t17-/m0/s1. The summed E-state index contributed by atoms with van der Waals surface area (Å²) in [5, 5.41) is 4.14. The maximum absolute atomic E-state index is 12.3. The molecule has 0 fully saturated rings. The van der Waals surface area contributed by atoms with Crippen LogP contribution in [-0.2, 0) is 4.79 Å². The Morgan fingerprint density at radius 2 is 2.04 bits per heavy atom. The number of carbonyl (C=O) groups is 1. The van der Waals surface area contributed by atoms with Gasteiger partial charge in [0, 0.05) is 0 Å². The summed E-state index contributed by atoms with van der Waals surface area (Å²) in [6.45, 7) is 1.95. The third-order valence-corrected chi connectivity index (χ3v) is 4.32. The molecule has 1 amide bonds. The smallest absolute Gasteiger partial charge is 0.284 e. The Kier molecular flexibility index (Phi) is 5.23. The van der Waals surface area contributed by atoms with E-state index in [9.17, 15) is 4.79 Å². The Labute approximate surface area is 153 Å². The lowest BCUT2D eigenvalue weighted by atomic mass is 10.1. The van der Waals surface area contributed by atoms with Gasteiger partial charge in [0.2, 0.25) is 6.10 Å². The van der Waals surface area contributed by atoms with E-state index in [0.717, 1.165) is 15.8 Å². The number of benzene rings is 2. The van der Waals surface area contributed by atoms with Gasteiger partial charge in [-0.1, -0.05) is 12.1 Å². The Morgan fingerprint density at radius 3 is 2.76 bits per heavy atom. The lowest BCUT2D eigenvalue weighted by Crippen LogP contribution is -2.42. The lowest BCUT2D eigenvalue weighted by Gasteiger charge is -2.24. The van der Waals surface area contributed by atoms with Gasteiger partial charge >= 0.3 is 0 Å². The Bertz CT molecular complexity index is 822. The zero-order valence-corrected chi connectivity index (χ0v) is 15.4. The summed E-state index contributed by atoms with van der Waals surface area (Å²) in [6, 6.07) is 12.8. The first-order chi connectivity index (χ1) is 12.1. The second-order valence-corrected chi connectivity index (χ2v) is 6.24. The van der Waals surface area contributed by atoms with Crippen molar-refractivity contribution in [3.8, 4) is 17.2 Å². The van der Waals surface area contributed by atoms with Crippen LogP contribution >= 0.6 is 15.9 Å². The molecule has 6 nitrogen and oxygen atoms in total. The number of hydrazone groups is 1. The molecule has 0 spiro atoms. The molecule has 130 valence electrons. The first kappa shape index (κ1) is 17.3. The highest BCUT2D eigenvalue weighted by molar-refractivity contribution is 9.10. The normalized spacial score (nSPS) is 16.3. The van der Waals surface area contributed by atoms with Crippen molar-refractivity contribution in [3.63, 3.8) is 0 Å². The van der Waals surface area contributed by atoms with Crippen LogP contribution in [0.2, 0.25) is 0 Å². The number of amides is 1. The van der Waals surface area contributed by atoms with Crippen molar-refractivity contribution in [1.29, 1.82) is 0 Å². The van der Waals surface area contributed by atoms with Gasteiger partial charge in [0.05, 0.1) is 17.3 Å². The maximum Gasteiger partial charge on any atom is 0.284 e. The molecular weight excluding hydrogens is 388 g/mol. The van der Waals surface area contributed by atoms with Crippen molar-refractivity contribution in [3.05, 3.63) is 52.5 Å². The number of rotatable bonds is 4. The SMILES string of the molecule is COc1ccc(/C(C)=N\NC(=O)[C@@H]2COc3ccccc3O2)cc1Br. The van der Waals surface area contributed by atoms with Crippen molar-refractivity contribution in [1.82, 2.24) is 5.43 Å². The van der Waals surface area contributed by atoms with Crippen molar-refractivity contribution in [2.24, 2.45) is 5.10 Å². The van der Waals surface area contributed by atoms with Crippen LogP contribution in [0.25, 0.3) is 0 Å². The van der Waals surface area contributed by atoms with Crippen molar-refractivity contribution >= 4 is 27.5 Å². The van der Waals surface area contributed by atoms with E-state index in [-0.39, 0.29) is 12.5 Å². The average molecular weight is 405 g/mol. The highest BCUT2D eigenvalue weighted by Gasteiger charge is 2.27. The van der Waals surface area contributed by atoms with Gasteiger partial charge in [0.1, 0.15) is 12.4 Å². The zero-order chi connectivity index (χ0) is 17.8.